The number of pyridine rings is 1. The minimum Gasteiger partial charge on any atom is -1.00 e. The summed E-state index contributed by atoms with van der Waals surface area (Å²) in [4.78, 5) is 0. The third-order valence-electron chi connectivity index (χ3n) is 3.14. The average molecular weight is 393 g/mol. The van der Waals surface area contributed by atoms with Gasteiger partial charge in [-0.2, -0.15) is 4.57 Å². The van der Waals surface area contributed by atoms with Crippen LogP contribution in [0.25, 0.3) is 12.2 Å². The van der Waals surface area contributed by atoms with Crippen LogP contribution in [-0.4, -0.2) is 6.79 Å². The Balaban J connectivity index is 0.00000161. The highest BCUT2D eigenvalue weighted by atomic mass is 127. The Morgan fingerprint density at radius 2 is 1.95 bits per heavy atom. The monoisotopic (exact) mass is 393 g/mol. The average Bonchev–Trinajstić information content (AvgIpc) is 2.94. The number of halogens is 1. The van der Waals surface area contributed by atoms with Crippen LogP contribution < -0.4 is 38.0 Å². The first-order valence-electron chi connectivity index (χ1n) is 6.54. The van der Waals surface area contributed by atoms with Gasteiger partial charge in [0, 0.05) is 18.2 Å². The molecule has 0 saturated carbocycles. The molecule has 0 aliphatic carbocycles. The lowest BCUT2D eigenvalue weighted by Crippen LogP contribution is -3.00. The highest BCUT2D eigenvalue weighted by Crippen LogP contribution is 2.32. The normalized spacial score (nSPS) is 12.2. The SMILES string of the molecule is C=CC[n+]1ccccc1/C=C\c1ccc2c(c1)OCO2.[I-]. The summed E-state index contributed by atoms with van der Waals surface area (Å²) in [7, 11) is 0. The number of hydrogen-bond acceptors (Lipinski definition) is 2. The molecule has 1 aliphatic rings. The lowest BCUT2D eigenvalue weighted by Gasteiger charge is -1.99. The number of nitrogens with zero attached hydrogens (tertiary/aromatic N) is 1. The van der Waals surface area contributed by atoms with Gasteiger partial charge >= 0.3 is 0 Å². The van der Waals surface area contributed by atoms with E-state index in [-0.39, 0.29) is 24.0 Å². The van der Waals surface area contributed by atoms with E-state index in [9.17, 15) is 0 Å². The second kappa shape index (κ2) is 7.26. The van der Waals surface area contributed by atoms with Gasteiger partial charge in [-0.25, -0.2) is 0 Å². The highest BCUT2D eigenvalue weighted by molar-refractivity contribution is 5.68. The van der Waals surface area contributed by atoms with E-state index in [2.05, 4.69) is 29.4 Å². The summed E-state index contributed by atoms with van der Waals surface area (Å²) in [6.45, 7) is 4.88. The number of aromatic nitrogens is 1. The first kappa shape index (κ1) is 15.6. The smallest absolute Gasteiger partial charge is 0.231 e. The zero-order valence-corrected chi connectivity index (χ0v) is 13.7. The van der Waals surface area contributed by atoms with Crippen LogP contribution in [0.2, 0.25) is 0 Å². The fourth-order valence-electron chi connectivity index (χ4n) is 2.14. The van der Waals surface area contributed by atoms with E-state index in [0.717, 1.165) is 29.3 Å². The Morgan fingerprint density at radius 1 is 1.10 bits per heavy atom. The van der Waals surface area contributed by atoms with Gasteiger partial charge in [-0.1, -0.05) is 12.6 Å². The van der Waals surface area contributed by atoms with E-state index in [1.165, 1.54) is 0 Å². The molecule has 0 atom stereocenters. The van der Waals surface area contributed by atoms with Gasteiger partial charge in [0.2, 0.25) is 12.5 Å². The zero-order chi connectivity index (χ0) is 13.8. The fraction of sp³-hybridized carbons (Fsp3) is 0.118. The number of fused-ring (bicyclic) bond motifs is 1. The Hall–Kier alpha value is -1.82. The van der Waals surface area contributed by atoms with Crippen molar-refractivity contribution >= 4 is 12.2 Å². The van der Waals surface area contributed by atoms with Crippen molar-refractivity contribution in [2.24, 2.45) is 0 Å². The van der Waals surface area contributed by atoms with Gasteiger partial charge in [-0.3, -0.25) is 0 Å². The molecule has 1 aromatic carbocycles. The summed E-state index contributed by atoms with van der Waals surface area (Å²) in [5.41, 5.74) is 2.22. The summed E-state index contributed by atoms with van der Waals surface area (Å²) in [6.07, 6.45) is 8.08. The van der Waals surface area contributed by atoms with Crippen molar-refractivity contribution in [2.45, 2.75) is 6.54 Å². The number of rotatable bonds is 4. The van der Waals surface area contributed by atoms with Crippen LogP contribution in [0.5, 0.6) is 11.5 Å². The Morgan fingerprint density at radius 3 is 2.81 bits per heavy atom. The molecular formula is C17H16INO2. The van der Waals surface area contributed by atoms with E-state index < -0.39 is 0 Å². The number of ether oxygens (including phenoxy) is 2. The third-order valence-corrected chi connectivity index (χ3v) is 3.14. The molecule has 0 bridgehead atoms. The molecule has 0 spiro atoms. The van der Waals surface area contributed by atoms with Crippen LogP contribution in [0.3, 0.4) is 0 Å². The van der Waals surface area contributed by atoms with Crippen LogP contribution >= 0.6 is 0 Å². The van der Waals surface area contributed by atoms with Crippen LogP contribution in [0.4, 0.5) is 0 Å². The Labute approximate surface area is 141 Å². The fourth-order valence-corrected chi connectivity index (χ4v) is 2.14. The molecule has 0 saturated heterocycles. The van der Waals surface area contributed by atoms with Gasteiger partial charge < -0.3 is 33.5 Å². The Kier molecular flexibility index (Phi) is 5.38. The third kappa shape index (κ3) is 3.64. The van der Waals surface area contributed by atoms with Crippen LogP contribution in [0.1, 0.15) is 11.3 Å². The molecule has 1 aliphatic heterocycles. The summed E-state index contributed by atoms with van der Waals surface area (Å²) in [5, 5.41) is 0. The standard InChI is InChI=1S/C17H16NO2.HI/c1-2-10-18-11-4-3-5-15(18)8-6-14-7-9-16-17(12-14)20-13-19-16;/h2-9,11-12H,1,10,13H2;1H/q+1;/p-1/b8-6-;. The quantitative estimate of drug-likeness (QED) is 0.417. The van der Waals surface area contributed by atoms with Gasteiger partial charge in [0.1, 0.15) is 0 Å². The largest absolute Gasteiger partial charge is 1.00 e. The zero-order valence-electron chi connectivity index (χ0n) is 11.5. The molecule has 0 amide bonds. The molecule has 108 valence electrons. The molecule has 0 radical (unpaired) electrons. The van der Waals surface area contributed by atoms with Crippen molar-refractivity contribution in [3.8, 4) is 11.5 Å². The van der Waals surface area contributed by atoms with Crippen molar-refractivity contribution in [3.05, 3.63) is 66.5 Å². The first-order chi connectivity index (χ1) is 9.86. The molecule has 2 aromatic rings. The summed E-state index contributed by atoms with van der Waals surface area (Å²) >= 11 is 0. The lowest BCUT2D eigenvalue weighted by molar-refractivity contribution is -0.688. The van der Waals surface area contributed by atoms with E-state index >= 15 is 0 Å². The predicted octanol–water partition coefficient (Wildman–Crippen LogP) is 0.0632. The van der Waals surface area contributed by atoms with Crippen molar-refractivity contribution in [1.82, 2.24) is 0 Å². The molecule has 2 heterocycles. The molecular weight excluding hydrogens is 377 g/mol. The molecule has 0 unspecified atom stereocenters. The van der Waals surface area contributed by atoms with Crippen LogP contribution in [-0.2, 0) is 6.54 Å². The van der Waals surface area contributed by atoms with Gasteiger partial charge in [0.05, 0.1) is 0 Å². The number of allylic oxidation sites excluding steroid dienone is 1. The minimum absolute atomic E-state index is 0. The van der Waals surface area contributed by atoms with Crippen molar-refractivity contribution in [2.75, 3.05) is 6.79 Å². The van der Waals surface area contributed by atoms with E-state index in [4.69, 9.17) is 9.47 Å². The van der Waals surface area contributed by atoms with E-state index in [1.54, 1.807) is 0 Å². The maximum atomic E-state index is 5.38. The lowest BCUT2D eigenvalue weighted by atomic mass is 10.1. The summed E-state index contributed by atoms with van der Waals surface area (Å²) < 4.78 is 12.8. The molecule has 3 rings (SSSR count). The number of hydrogen-bond donors (Lipinski definition) is 0. The maximum absolute atomic E-state index is 5.38. The van der Waals surface area contributed by atoms with Crippen LogP contribution in [0.15, 0.2) is 55.3 Å². The van der Waals surface area contributed by atoms with E-state index in [1.807, 2.05) is 42.6 Å². The molecule has 1 aromatic heterocycles. The van der Waals surface area contributed by atoms with Crippen LogP contribution in [0, 0.1) is 0 Å². The molecule has 3 nitrogen and oxygen atoms in total. The van der Waals surface area contributed by atoms with Gasteiger partial charge in [0.15, 0.2) is 24.2 Å². The Bertz CT molecular complexity index is 668. The maximum Gasteiger partial charge on any atom is 0.231 e. The van der Waals surface area contributed by atoms with Gasteiger partial charge in [-0.05, 0) is 35.9 Å². The van der Waals surface area contributed by atoms with Gasteiger partial charge in [0.25, 0.3) is 0 Å². The second-order valence-electron chi connectivity index (χ2n) is 4.51. The number of benzene rings is 1. The van der Waals surface area contributed by atoms with Crippen molar-refractivity contribution in [3.63, 3.8) is 0 Å². The van der Waals surface area contributed by atoms with E-state index in [0.29, 0.717) is 6.79 Å². The molecule has 21 heavy (non-hydrogen) atoms. The minimum atomic E-state index is 0. The second-order valence-corrected chi connectivity index (χ2v) is 4.51. The highest BCUT2D eigenvalue weighted by Gasteiger charge is 2.12. The van der Waals surface area contributed by atoms with Gasteiger partial charge in [-0.15, -0.1) is 0 Å². The topological polar surface area (TPSA) is 22.3 Å². The molecule has 0 N–H and O–H groups in total. The van der Waals surface area contributed by atoms with Crippen molar-refractivity contribution < 1.29 is 38.0 Å². The summed E-state index contributed by atoms with van der Waals surface area (Å²) in [6, 6.07) is 12.1. The summed E-state index contributed by atoms with van der Waals surface area (Å²) in [5.74, 6) is 1.61. The predicted molar refractivity (Wildman–Crippen MR) is 78.3 cm³/mol. The molecule has 0 fully saturated rings. The first-order valence-corrected chi connectivity index (χ1v) is 6.54. The van der Waals surface area contributed by atoms with Crippen molar-refractivity contribution in [1.29, 1.82) is 0 Å². The molecule has 4 heteroatoms.